The fourth-order valence-electron chi connectivity index (χ4n) is 6.48. The van der Waals surface area contributed by atoms with Crippen LogP contribution in [0.25, 0.3) is 0 Å². The molecule has 0 spiro atoms. The first kappa shape index (κ1) is 58.8. The number of aliphatic hydroxyl groups is 3. The predicted molar refractivity (Wildman–Crippen MR) is 248 cm³/mol. The maximum Gasteiger partial charge on any atom is 0.481 e. The van der Waals surface area contributed by atoms with Gasteiger partial charge in [-0.2, -0.15) is 9.29 Å². The van der Waals surface area contributed by atoms with Crippen LogP contribution in [0.5, 0.6) is 0 Å². The molecule has 1 aliphatic heterocycles. The number of hydrogen-bond donors (Lipinski definition) is 6. The second kappa shape index (κ2) is 33.2. The molecule has 0 bridgehead atoms. The van der Waals surface area contributed by atoms with Crippen LogP contribution in [0.1, 0.15) is 143 Å². The van der Waals surface area contributed by atoms with E-state index in [0.29, 0.717) is 25.2 Å². The first-order chi connectivity index (χ1) is 31.4. The molecule has 9 atom stereocenters. The van der Waals surface area contributed by atoms with Gasteiger partial charge in [0.05, 0.1) is 19.3 Å². The van der Waals surface area contributed by atoms with Gasteiger partial charge in [0.1, 0.15) is 30.7 Å². The van der Waals surface area contributed by atoms with E-state index in [0.717, 1.165) is 87.8 Å². The van der Waals surface area contributed by atoms with Crippen molar-refractivity contribution in [2.45, 2.75) is 173 Å². The molecule has 7 N–H and O–H groups in total. The molecule has 0 radical (unpaired) electrons. The van der Waals surface area contributed by atoms with Gasteiger partial charge >= 0.3 is 33.3 Å². The van der Waals surface area contributed by atoms with E-state index in [1.165, 1.54) is 12.5 Å². The Kier molecular flexibility index (Phi) is 29.6. The summed E-state index contributed by atoms with van der Waals surface area (Å²) in [5.41, 5.74) is 4.57. The lowest BCUT2D eigenvalue weighted by Crippen LogP contribution is -2.36. The zero-order valence-electron chi connectivity index (χ0n) is 38.8. The van der Waals surface area contributed by atoms with E-state index in [1.807, 2.05) is 18.2 Å². The van der Waals surface area contributed by atoms with Crippen molar-refractivity contribution in [2.75, 3.05) is 25.6 Å². The largest absolute Gasteiger partial charge is 0.481 e. The van der Waals surface area contributed by atoms with Gasteiger partial charge in [-0.1, -0.05) is 107 Å². The zero-order valence-corrected chi connectivity index (χ0v) is 40.5. The second-order valence-corrected chi connectivity index (χ2v) is 19.5. The summed E-state index contributed by atoms with van der Waals surface area (Å²) < 4.78 is 56.5. The number of aliphatic hydroxyl groups excluding tert-OH is 3. The van der Waals surface area contributed by atoms with E-state index in [9.17, 15) is 48.6 Å². The van der Waals surface area contributed by atoms with Crippen LogP contribution >= 0.6 is 15.6 Å². The number of allylic oxidation sites excluding steroid dienone is 8. The van der Waals surface area contributed by atoms with Crippen molar-refractivity contribution in [3.05, 3.63) is 71.4 Å². The zero-order chi connectivity index (χ0) is 48.8. The molecular weight excluding hydrogens is 900 g/mol. The SMILES string of the molecule is CCC(C)CCCCCCCCC(=O)O[C@H](COC(=O)CCC/C=C\C/C=C\C/C=C\C/C=C\CCC[C@@H](C)O)COP(=O)(O)OP(=O)(O)OC[C@H]1O[C@@H](n2ccc(N)nc2=O)[C@H](O)[C@@H]1O. The number of hydrogen-bond acceptors (Lipinski definition) is 16. The third kappa shape index (κ3) is 26.9. The molecule has 3 unspecified atom stereocenters. The topological polar surface area (TPSA) is 286 Å². The molecule has 1 aliphatic rings. The highest BCUT2D eigenvalue weighted by Gasteiger charge is 2.46. The van der Waals surface area contributed by atoms with Gasteiger partial charge in [0.2, 0.25) is 0 Å². The number of phosphoric acid groups is 2. The molecule has 1 aromatic rings. The quantitative estimate of drug-likeness (QED) is 0.0165. The number of nitrogen functional groups attached to an aromatic ring is 1. The molecule has 66 heavy (non-hydrogen) atoms. The number of anilines is 1. The average molecular weight is 976 g/mol. The van der Waals surface area contributed by atoms with E-state index < -0.39 is 83.7 Å². The molecule has 19 nitrogen and oxygen atoms in total. The number of rotatable bonds is 36. The van der Waals surface area contributed by atoms with Crippen molar-refractivity contribution >= 4 is 33.4 Å². The van der Waals surface area contributed by atoms with Gasteiger partial charge in [-0.3, -0.25) is 23.2 Å². The number of phosphoric ester groups is 2. The fraction of sp³-hybridized carbons (Fsp3) is 0.689. The molecule has 0 aromatic carbocycles. The monoisotopic (exact) mass is 975 g/mol. The smallest absolute Gasteiger partial charge is 0.462 e. The van der Waals surface area contributed by atoms with E-state index in [2.05, 4.69) is 53.5 Å². The highest BCUT2D eigenvalue weighted by molar-refractivity contribution is 7.61. The Labute approximate surface area is 389 Å². The molecule has 2 rings (SSSR count). The van der Waals surface area contributed by atoms with Gasteiger partial charge in [-0.25, -0.2) is 13.9 Å². The minimum absolute atomic E-state index is 0.0288. The van der Waals surface area contributed by atoms with Crippen LogP contribution in [-0.2, 0) is 46.3 Å². The van der Waals surface area contributed by atoms with Gasteiger partial charge in [-0.05, 0) is 76.7 Å². The third-order valence-electron chi connectivity index (χ3n) is 10.5. The van der Waals surface area contributed by atoms with Crippen molar-refractivity contribution in [3.63, 3.8) is 0 Å². The maximum atomic E-state index is 12.8. The Morgan fingerprint density at radius 2 is 1.38 bits per heavy atom. The van der Waals surface area contributed by atoms with Crippen LogP contribution in [0.4, 0.5) is 5.82 Å². The van der Waals surface area contributed by atoms with Gasteiger partial charge in [0.15, 0.2) is 12.3 Å². The Bertz CT molecular complexity index is 1820. The molecule has 0 aliphatic carbocycles. The Balaban J connectivity index is 1.84. The fourth-order valence-corrected chi connectivity index (χ4v) is 8.59. The molecule has 1 fully saturated rings. The first-order valence-corrected chi connectivity index (χ1v) is 26.1. The molecular formula is C45H75N3O16P2. The van der Waals surface area contributed by atoms with E-state index in [4.69, 9.17) is 29.0 Å². The van der Waals surface area contributed by atoms with Crippen LogP contribution in [-0.4, -0.2) is 96.9 Å². The summed E-state index contributed by atoms with van der Waals surface area (Å²) in [5, 5.41) is 30.1. The summed E-state index contributed by atoms with van der Waals surface area (Å²) in [6, 6.07) is 1.24. The van der Waals surface area contributed by atoms with Gasteiger partial charge < -0.3 is 45.1 Å². The van der Waals surface area contributed by atoms with Crippen molar-refractivity contribution in [2.24, 2.45) is 5.92 Å². The predicted octanol–water partition coefficient (Wildman–Crippen LogP) is 7.43. The lowest BCUT2D eigenvalue weighted by atomic mass is 10.00. The summed E-state index contributed by atoms with van der Waals surface area (Å²) >= 11 is 0. The highest BCUT2D eigenvalue weighted by atomic mass is 31.3. The second-order valence-electron chi connectivity index (χ2n) is 16.4. The molecule has 21 heteroatoms. The highest BCUT2D eigenvalue weighted by Crippen LogP contribution is 2.60. The summed E-state index contributed by atoms with van der Waals surface area (Å²) in [5.74, 6) is -0.690. The van der Waals surface area contributed by atoms with Crippen molar-refractivity contribution < 1.29 is 71.4 Å². The number of nitrogens with zero attached hydrogens (tertiary/aromatic N) is 2. The van der Waals surface area contributed by atoms with Crippen LogP contribution in [0.15, 0.2) is 65.7 Å². The molecule has 0 amide bonds. The number of aromatic nitrogens is 2. The summed E-state index contributed by atoms with van der Waals surface area (Å²) in [6.07, 6.45) is 23.8. The first-order valence-electron chi connectivity index (χ1n) is 23.1. The minimum atomic E-state index is -5.43. The Morgan fingerprint density at radius 1 is 0.803 bits per heavy atom. The molecule has 0 saturated carbocycles. The van der Waals surface area contributed by atoms with Crippen LogP contribution < -0.4 is 11.4 Å². The molecule has 2 heterocycles. The lowest BCUT2D eigenvalue weighted by Gasteiger charge is -2.21. The molecule has 1 saturated heterocycles. The number of ether oxygens (including phenoxy) is 3. The summed E-state index contributed by atoms with van der Waals surface area (Å²) in [7, 11) is -10.9. The van der Waals surface area contributed by atoms with Gasteiger partial charge in [0, 0.05) is 19.0 Å². The van der Waals surface area contributed by atoms with Crippen LogP contribution in [0.3, 0.4) is 0 Å². The Morgan fingerprint density at radius 3 is 2.00 bits per heavy atom. The van der Waals surface area contributed by atoms with E-state index in [1.54, 1.807) is 6.92 Å². The number of nitrogens with two attached hydrogens (primary N) is 1. The summed E-state index contributed by atoms with van der Waals surface area (Å²) in [6.45, 7) is 3.84. The lowest BCUT2D eigenvalue weighted by molar-refractivity contribution is -0.161. The number of unbranched alkanes of at least 4 members (excludes halogenated alkanes) is 7. The minimum Gasteiger partial charge on any atom is -0.462 e. The molecule has 1 aromatic heterocycles. The van der Waals surface area contributed by atoms with Gasteiger partial charge in [0.25, 0.3) is 0 Å². The Hall–Kier alpha value is -3.32. The summed E-state index contributed by atoms with van der Waals surface area (Å²) in [4.78, 5) is 61.6. The standard InChI is InChI=1S/C45H75N3O16P2/c1-4-35(2)26-22-18-16-17-21-25-29-41(51)62-37(32-59-40(50)28-24-20-15-13-11-9-7-5-6-8-10-12-14-19-23-27-36(3)49)33-60-65(55,56)64-66(57,58)61-34-38-42(52)43(53)44(63-38)48-31-30-39(46)47-45(48)54/h6-9,12-15,30-31,35-38,42-44,49,52-53H,4-5,10-11,16-29,32-34H2,1-3H3,(H,55,56)(H,57,58)(H2,46,47,54)/b8-6-,9-7-,14-12-,15-13-/t35?,36-,37-,38-,42-,43-,44-/m1/s1. The maximum absolute atomic E-state index is 12.8. The van der Waals surface area contributed by atoms with E-state index in [-0.39, 0.29) is 24.8 Å². The third-order valence-corrected chi connectivity index (χ3v) is 13.1. The normalized spacial score (nSPS) is 21.1. The van der Waals surface area contributed by atoms with Crippen molar-refractivity contribution in [3.8, 4) is 0 Å². The van der Waals surface area contributed by atoms with Crippen LogP contribution in [0.2, 0.25) is 0 Å². The average Bonchev–Trinajstić information content (AvgIpc) is 3.53. The number of carbonyl (C=O) groups excluding carboxylic acids is 2. The number of esters is 2. The van der Waals surface area contributed by atoms with Crippen molar-refractivity contribution in [1.29, 1.82) is 0 Å². The van der Waals surface area contributed by atoms with Crippen LogP contribution in [0, 0.1) is 5.92 Å². The van der Waals surface area contributed by atoms with E-state index >= 15 is 0 Å². The van der Waals surface area contributed by atoms with Crippen molar-refractivity contribution in [1.82, 2.24) is 9.55 Å². The van der Waals surface area contributed by atoms with Gasteiger partial charge in [-0.15, -0.1) is 0 Å². The number of carbonyl (C=O) groups is 2. The molecule has 376 valence electrons.